The molecule has 0 bridgehead atoms. The van der Waals surface area contributed by atoms with E-state index >= 15 is 0 Å². The highest BCUT2D eigenvalue weighted by atomic mass is 35.5. The van der Waals surface area contributed by atoms with Crippen molar-refractivity contribution in [3.63, 3.8) is 0 Å². The molecule has 4 nitrogen and oxygen atoms in total. The molecule has 0 aliphatic carbocycles. The molecule has 0 radical (unpaired) electrons. The standard InChI is InChI=1S/C18H12ClF6N3O/c19-13-4-2-10(6-12(13)17(20,21)22)26-8-9-1-3-11(15(29)5-9)14-7-16(28-27-14)18(23,24)25/h1-7,26,29H,8H2,(H,27,28). The Bertz CT molecular complexity index is 1030. The van der Waals surface area contributed by atoms with E-state index in [0.29, 0.717) is 5.56 Å². The first kappa shape index (κ1) is 20.8. The van der Waals surface area contributed by atoms with Crippen LogP contribution in [-0.2, 0) is 18.9 Å². The summed E-state index contributed by atoms with van der Waals surface area (Å²) in [5, 5.41) is 17.8. The fourth-order valence-electron chi connectivity index (χ4n) is 2.57. The summed E-state index contributed by atoms with van der Waals surface area (Å²) < 4.78 is 76.7. The van der Waals surface area contributed by atoms with E-state index in [1.165, 1.54) is 24.3 Å². The van der Waals surface area contributed by atoms with Crippen molar-refractivity contribution < 1.29 is 31.4 Å². The molecule has 0 fully saturated rings. The Hall–Kier alpha value is -2.88. The van der Waals surface area contributed by atoms with Crippen LogP contribution in [0.1, 0.15) is 16.8 Å². The van der Waals surface area contributed by atoms with Crippen LogP contribution in [0.3, 0.4) is 0 Å². The minimum Gasteiger partial charge on any atom is -0.507 e. The maximum absolute atomic E-state index is 12.9. The maximum atomic E-state index is 12.9. The maximum Gasteiger partial charge on any atom is 0.432 e. The third kappa shape index (κ3) is 4.76. The van der Waals surface area contributed by atoms with Crippen molar-refractivity contribution in [1.29, 1.82) is 0 Å². The molecule has 0 spiro atoms. The van der Waals surface area contributed by atoms with Crippen LogP contribution in [0.15, 0.2) is 42.5 Å². The molecular formula is C18H12ClF6N3O. The van der Waals surface area contributed by atoms with Gasteiger partial charge in [0, 0.05) is 17.8 Å². The van der Waals surface area contributed by atoms with Gasteiger partial charge in [-0.05, 0) is 42.0 Å². The number of alkyl halides is 6. The fourth-order valence-corrected chi connectivity index (χ4v) is 2.79. The van der Waals surface area contributed by atoms with Crippen LogP contribution in [-0.4, -0.2) is 15.3 Å². The number of H-pyrrole nitrogens is 1. The lowest BCUT2D eigenvalue weighted by atomic mass is 10.1. The van der Waals surface area contributed by atoms with Gasteiger partial charge in [0.05, 0.1) is 16.3 Å². The molecule has 0 aliphatic heterocycles. The molecule has 1 aromatic heterocycles. The van der Waals surface area contributed by atoms with Crippen molar-refractivity contribution in [3.05, 3.63) is 64.3 Å². The van der Waals surface area contributed by atoms with Crippen LogP contribution in [0, 0.1) is 0 Å². The van der Waals surface area contributed by atoms with Crippen LogP contribution >= 0.6 is 11.6 Å². The number of rotatable bonds is 4. The molecule has 154 valence electrons. The average molecular weight is 436 g/mol. The molecule has 0 saturated heterocycles. The van der Waals surface area contributed by atoms with E-state index in [0.717, 1.165) is 18.2 Å². The third-order valence-electron chi connectivity index (χ3n) is 3.99. The van der Waals surface area contributed by atoms with Crippen LogP contribution < -0.4 is 5.32 Å². The minimum atomic E-state index is -4.60. The molecule has 1 heterocycles. The first-order valence-electron chi connectivity index (χ1n) is 8.00. The zero-order chi connectivity index (χ0) is 21.4. The molecule has 0 saturated carbocycles. The Morgan fingerprint density at radius 3 is 2.28 bits per heavy atom. The van der Waals surface area contributed by atoms with Gasteiger partial charge in [-0.1, -0.05) is 17.7 Å². The van der Waals surface area contributed by atoms with E-state index < -0.39 is 28.6 Å². The summed E-state index contributed by atoms with van der Waals surface area (Å²) in [6.45, 7) is 0.0567. The Kier molecular flexibility index (Phi) is 5.40. The van der Waals surface area contributed by atoms with Crippen LogP contribution in [0.25, 0.3) is 11.3 Å². The normalized spacial score (nSPS) is 12.2. The molecule has 29 heavy (non-hydrogen) atoms. The number of nitrogens with one attached hydrogen (secondary N) is 2. The van der Waals surface area contributed by atoms with Crippen molar-refractivity contribution in [2.24, 2.45) is 0 Å². The number of phenolic OH excluding ortho intramolecular Hbond substituents is 1. The average Bonchev–Trinajstić information content (AvgIpc) is 3.10. The van der Waals surface area contributed by atoms with Crippen molar-refractivity contribution in [2.45, 2.75) is 18.9 Å². The highest BCUT2D eigenvalue weighted by Crippen LogP contribution is 2.37. The second kappa shape index (κ2) is 7.51. The van der Waals surface area contributed by atoms with Gasteiger partial charge >= 0.3 is 12.4 Å². The van der Waals surface area contributed by atoms with E-state index in [1.54, 1.807) is 0 Å². The van der Waals surface area contributed by atoms with Crippen LogP contribution in [0.4, 0.5) is 32.0 Å². The number of hydrogen-bond acceptors (Lipinski definition) is 3. The Labute approximate surface area is 165 Å². The quantitative estimate of drug-likeness (QED) is 0.435. The topological polar surface area (TPSA) is 60.9 Å². The number of hydrogen-bond donors (Lipinski definition) is 3. The number of halogens is 7. The van der Waals surface area contributed by atoms with Crippen LogP contribution in [0.2, 0.25) is 5.02 Å². The van der Waals surface area contributed by atoms with Gasteiger partial charge in [-0.3, -0.25) is 5.10 Å². The summed E-state index contributed by atoms with van der Waals surface area (Å²) in [6, 6.07) is 8.26. The van der Waals surface area contributed by atoms with Gasteiger partial charge in [0.1, 0.15) is 11.4 Å². The van der Waals surface area contributed by atoms with Gasteiger partial charge in [-0.15, -0.1) is 0 Å². The smallest absolute Gasteiger partial charge is 0.432 e. The van der Waals surface area contributed by atoms with Gasteiger partial charge in [-0.25, -0.2) is 0 Å². The summed E-state index contributed by atoms with van der Waals surface area (Å²) >= 11 is 5.56. The first-order valence-corrected chi connectivity index (χ1v) is 8.38. The Morgan fingerprint density at radius 1 is 0.966 bits per heavy atom. The Morgan fingerprint density at radius 2 is 1.69 bits per heavy atom. The fraction of sp³-hybridized carbons (Fsp3) is 0.167. The summed E-state index contributed by atoms with van der Waals surface area (Å²) in [5.41, 5.74) is -1.41. The molecule has 0 aliphatic rings. The van der Waals surface area contributed by atoms with Gasteiger partial charge in [0.2, 0.25) is 0 Å². The summed E-state index contributed by atoms with van der Waals surface area (Å²) in [5.74, 6) is -0.323. The van der Waals surface area contributed by atoms with Gasteiger partial charge in [0.15, 0.2) is 0 Å². The first-order chi connectivity index (χ1) is 13.4. The minimum absolute atomic E-state index is 0.0567. The van der Waals surface area contributed by atoms with E-state index in [-0.39, 0.29) is 29.2 Å². The molecule has 11 heteroatoms. The summed E-state index contributed by atoms with van der Waals surface area (Å²) in [7, 11) is 0. The third-order valence-corrected chi connectivity index (χ3v) is 4.32. The highest BCUT2D eigenvalue weighted by molar-refractivity contribution is 6.31. The van der Waals surface area contributed by atoms with E-state index in [2.05, 4.69) is 10.4 Å². The number of nitrogens with zero attached hydrogens (tertiary/aromatic N) is 1. The van der Waals surface area contributed by atoms with Crippen molar-refractivity contribution in [2.75, 3.05) is 5.32 Å². The van der Waals surface area contributed by atoms with E-state index in [9.17, 15) is 31.4 Å². The predicted molar refractivity (Wildman–Crippen MR) is 94.5 cm³/mol. The SMILES string of the molecule is Oc1cc(CNc2ccc(Cl)c(C(F)(F)F)c2)ccc1-c1cc(C(F)(F)F)[nH]n1. The molecule has 3 N–H and O–H groups in total. The van der Waals surface area contributed by atoms with Crippen molar-refractivity contribution in [1.82, 2.24) is 10.2 Å². The van der Waals surface area contributed by atoms with E-state index in [4.69, 9.17) is 11.6 Å². The number of aromatic nitrogens is 2. The Balaban J connectivity index is 1.76. The number of anilines is 1. The monoisotopic (exact) mass is 435 g/mol. The molecule has 3 aromatic rings. The number of phenols is 1. The van der Waals surface area contributed by atoms with Gasteiger partial charge < -0.3 is 10.4 Å². The molecule has 3 rings (SSSR count). The molecule has 0 atom stereocenters. The summed E-state index contributed by atoms with van der Waals surface area (Å²) in [6.07, 6.45) is -9.20. The largest absolute Gasteiger partial charge is 0.507 e. The van der Waals surface area contributed by atoms with Crippen molar-refractivity contribution >= 4 is 17.3 Å². The van der Waals surface area contributed by atoms with Crippen LogP contribution in [0.5, 0.6) is 5.75 Å². The van der Waals surface area contributed by atoms with Gasteiger partial charge in [0.25, 0.3) is 0 Å². The summed E-state index contributed by atoms with van der Waals surface area (Å²) in [4.78, 5) is 0. The van der Waals surface area contributed by atoms with Gasteiger partial charge in [-0.2, -0.15) is 31.4 Å². The zero-order valence-electron chi connectivity index (χ0n) is 14.3. The zero-order valence-corrected chi connectivity index (χ0v) is 15.0. The van der Waals surface area contributed by atoms with Crippen molar-refractivity contribution in [3.8, 4) is 17.0 Å². The second-order valence-corrected chi connectivity index (χ2v) is 6.47. The molecule has 2 aromatic carbocycles. The number of benzene rings is 2. The molecule has 0 unspecified atom stereocenters. The number of aromatic amines is 1. The van der Waals surface area contributed by atoms with E-state index in [1.807, 2.05) is 5.10 Å². The lowest BCUT2D eigenvalue weighted by Gasteiger charge is -2.13. The predicted octanol–water partition coefficient (Wildman–Crippen LogP) is 6.09. The lowest BCUT2D eigenvalue weighted by Crippen LogP contribution is -2.07. The highest BCUT2D eigenvalue weighted by Gasteiger charge is 2.34. The second-order valence-electron chi connectivity index (χ2n) is 6.06. The lowest BCUT2D eigenvalue weighted by molar-refractivity contribution is -0.141. The molecular weight excluding hydrogens is 424 g/mol. The molecule has 0 amide bonds. The number of aromatic hydroxyl groups is 1.